The van der Waals surface area contributed by atoms with Crippen LogP contribution in [0.1, 0.15) is 113 Å². The van der Waals surface area contributed by atoms with Crippen LogP contribution in [0, 0.1) is 0 Å². The summed E-state index contributed by atoms with van der Waals surface area (Å²) < 4.78 is 2.39. The SMILES string of the molecule is CCCC(=O)c1cc(-c2ccc3c4c(ccc3c2)[N+](CCCCCC(=O)O)=C(C)C4(C)C)cc(C(=O)CCC)n1. The number of fused-ring (bicyclic) bond motifs is 3. The molecule has 40 heavy (non-hydrogen) atoms. The number of nitrogens with zero attached hydrogens (tertiary/aromatic N) is 2. The molecule has 0 bridgehead atoms. The third-order valence-corrected chi connectivity index (χ3v) is 8.18. The molecule has 210 valence electrons. The van der Waals surface area contributed by atoms with Gasteiger partial charge in [0.05, 0.1) is 5.41 Å². The molecule has 0 fully saturated rings. The van der Waals surface area contributed by atoms with Crippen molar-refractivity contribution in [3.05, 3.63) is 59.4 Å². The van der Waals surface area contributed by atoms with Gasteiger partial charge < -0.3 is 5.11 Å². The van der Waals surface area contributed by atoms with Crippen LogP contribution in [-0.4, -0.2) is 44.5 Å². The number of carbonyl (C=O) groups excluding carboxylic acids is 2. The van der Waals surface area contributed by atoms with Crippen LogP contribution in [0.15, 0.2) is 42.5 Å². The quantitative estimate of drug-likeness (QED) is 0.135. The van der Waals surface area contributed by atoms with E-state index >= 15 is 0 Å². The Morgan fingerprint density at radius 3 is 2.08 bits per heavy atom. The highest BCUT2D eigenvalue weighted by Crippen LogP contribution is 2.44. The normalized spacial score (nSPS) is 14.0. The molecule has 0 radical (unpaired) electrons. The number of aromatic nitrogens is 1. The Kier molecular flexibility index (Phi) is 8.97. The Hall–Kier alpha value is -3.67. The van der Waals surface area contributed by atoms with Crippen LogP contribution in [-0.2, 0) is 10.2 Å². The largest absolute Gasteiger partial charge is 0.481 e. The summed E-state index contributed by atoms with van der Waals surface area (Å²) >= 11 is 0. The molecule has 6 heteroatoms. The second kappa shape index (κ2) is 12.2. The predicted molar refractivity (Wildman–Crippen MR) is 160 cm³/mol. The lowest BCUT2D eigenvalue weighted by molar-refractivity contribution is -0.439. The molecule has 0 unspecified atom stereocenters. The molecule has 0 atom stereocenters. The molecule has 3 aromatic rings. The van der Waals surface area contributed by atoms with Crippen LogP contribution in [0.3, 0.4) is 0 Å². The number of pyridine rings is 1. The molecule has 4 rings (SSSR count). The minimum Gasteiger partial charge on any atom is -0.481 e. The van der Waals surface area contributed by atoms with Crippen molar-refractivity contribution in [1.29, 1.82) is 0 Å². The van der Waals surface area contributed by atoms with Gasteiger partial charge in [0.1, 0.15) is 17.9 Å². The minimum atomic E-state index is -0.736. The van der Waals surface area contributed by atoms with E-state index in [-0.39, 0.29) is 23.4 Å². The Morgan fingerprint density at radius 2 is 1.48 bits per heavy atom. The van der Waals surface area contributed by atoms with Gasteiger partial charge >= 0.3 is 5.97 Å². The Balaban J connectivity index is 1.71. The van der Waals surface area contributed by atoms with Crippen LogP contribution >= 0.6 is 0 Å². The minimum absolute atomic E-state index is 0.0377. The lowest BCUT2D eigenvalue weighted by Gasteiger charge is -2.18. The van der Waals surface area contributed by atoms with Gasteiger partial charge in [-0.15, -0.1) is 0 Å². The average molecular weight is 542 g/mol. The number of aliphatic carboxylic acids is 1. The highest BCUT2D eigenvalue weighted by atomic mass is 16.4. The van der Waals surface area contributed by atoms with Gasteiger partial charge in [-0.2, -0.15) is 4.58 Å². The van der Waals surface area contributed by atoms with E-state index in [1.807, 2.05) is 26.0 Å². The number of rotatable bonds is 13. The summed E-state index contributed by atoms with van der Waals surface area (Å²) in [4.78, 5) is 40.8. The van der Waals surface area contributed by atoms with Gasteiger partial charge in [0.2, 0.25) is 5.69 Å². The van der Waals surface area contributed by atoms with Gasteiger partial charge in [-0.3, -0.25) is 14.4 Å². The van der Waals surface area contributed by atoms with Gasteiger partial charge in [-0.1, -0.05) is 26.0 Å². The number of benzene rings is 2. The van der Waals surface area contributed by atoms with Crippen molar-refractivity contribution in [2.75, 3.05) is 6.54 Å². The third-order valence-electron chi connectivity index (χ3n) is 8.18. The van der Waals surface area contributed by atoms with Crippen molar-refractivity contribution >= 4 is 39.7 Å². The number of unbranched alkanes of at least 4 members (excludes halogenated alkanes) is 2. The zero-order valence-electron chi connectivity index (χ0n) is 24.5. The first-order valence-corrected chi connectivity index (χ1v) is 14.6. The molecular formula is C34H41N2O4+. The van der Waals surface area contributed by atoms with Gasteiger partial charge in [0.15, 0.2) is 17.3 Å². The van der Waals surface area contributed by atoms with E-state index < -0.39 is 5.97 Å². The van der Waals surface area contributed by atoms with Crippen molar-refractivity contribution in [3.8, 4) is 11.1 Å². The van der Waals surface area contributed by atoms with E-state index in [2.05, 4.69) is 60.7 Å². The fourth-order valence-corrected chi connectivity index (χ4v) is 5.78. The molecule has 1 aromatic heterocycles. The fraction of sp³-hybridized carbons (Fsp3) is 0.441. The Labute approximate surface area is 237 Å². The van der Waals surface area contributed by atoms with Crippen molar-refractivity contribution in [3.63, 3.8) is 0 Å². The summed E-state index contributed by atoms with van der Waals surface area (Å²) in [5, 5.41) is 11.2. The molecule has 0 saturated carbocycles. The fourth-order valence-electron chi connectivity index (χ4n) is 5.78. The van der Waals surface area contributed by atoms with Crippen molar-refractivity contribution in [2.24, 2.45) is 0 Å². The van der Waals surface area contributed by atoms with Crippen LogP contribution in [0.4, 0.5) is 5.69 Å². The number of carbonyl (C=O) groups is 3. The molecule has 6 nitrogen and oxygen atoms in total. The maximum Gasteiger partial charge on any atom is 0.303 e. The van der Waals surface area contributed by atoms with E-state index in [1.54, 1.807) is 0 Å². The third kappa shape index (κ3) is 5.91. The summed E-state index contributed by atoms with van der Waals surface area (Å²) in [5.74, 6) is -0.811. The molecule has 0 aliphatic carbocycles. The van der Waals surface area contributed by atoms with Crippen LogP contribution < -0.4 is 0 Å². The number of carboxylic acids is 1. The summed E-state index contributed by atoms with van der Waals surface area (Å²) in [7, 11) is 0. The highest BCUT2D eigenvalue weighted by molar-refractivity contribution is 6.03. The Morgan fingerprint density at radius 1 is 0.825 bits per heavy atom. The van der Waals surface area contributed by atoms with Crippen molar-refractivity contribution < 1.29 is 24.1 Å². The van der Waals surface area contributed by atoms with Gasteiger partial charge in [0, 0.05) is 44.2 Å². The maximum absolute atomic E-state index is 12.8. The van der Waals surface area contributed by atoms with E-state index in [9.17, 15) is 14.4 Å². The first-order valence-electron chi connectivity index (χ1n) is 14.6. The lowest BCUT2D eigenvalue weighted by atomic mass is 9.79. The van der Waals surface area contributed by atoms with E-state index in [1.165, 1.54) is 22.3 Å². The lowest BCUT2D eigenvalue weighted by Crippen LogP contribution is -2.26. The summed E-state index contributed by atoms with van der Waals surface area (Å²) in [6, 6.07) is 14.4. The highest BCUT2D eigenvalue weighted by Gasteiger charge is 2.44. The van der Waals surface area contributed by atoms with Gasteiger partial charge in [-0.25, -0.2) is 4.98 Å². The molecule has 0 amide bonds. The number of ketones is 2. The monoisotopic (exact) mass is 541 g/mol. The number of Topliss-reactive ketones (excluding diaryl/α,β-unsaturated/α-hetero) is 2. The second-order valence-corrected chi connectivity index (χ2v) is 11.4. The zero-order valence-corrected chi connectivity index (χ0v) is 24.5. The topological polar surface area (TPSA) is 87.3 Å². The number of hydrogen-bond donors (Lipinski definition) is 1. The molecule has 2 aromatic carbocycles. The molecule has 1 aliphatic rings. The first kappa shape index (κ1) is 29.3. The standard InChI is InChI=1S/C34H40N2O4/c1-6-11-30(37)27-20-25(21-28(35-27)31(38)12-7-2)23-14-16-26-24(19-23)15-17-29-33(26)34(4,5)22(3)36(29)18-10-8-9-13-32(39)40/h14-17,19-21H,6-13,18H2,1-5H3/p+1. The van der Waals surface area contributed by atoms with Crippen LogP contribution in [0.5, 0.6) is 0 Å². The van der Waals surface area contributed by atoms with Gasteiger partial charge in [0.25, 0.3) is 0 Å². The summed E-state index contributed by atoms with van der Waals surface area (Å²) in [6.07, 6.45) is 5.03. The second-order valence-electron chi connectivity index (χ2n) is 11.4. The van der Waals surface area contributed by atoms with Gasteiger partial charge in [-0.05, 0) is 85.7 Å². The molecule has 0 saturated heterocycles. The molecule has 2 heterocycles. The molecule has 0 spiro atoms. The maximum atomic E-state index is 12.8. The average Bonchev–Trinajstić information content (AvgIpc) is 3.12. The number of carboxylic acid groups (broad SMARTS) is 1. The van der Waals surface area contributed by atoms with Crippen molar-refractivity contribution in [1.82, 2.24) is 4.98 Å². The summed E-state index contributed by atoms with van der Waals surface area (Å²) in [5.41, 5.74) is 6.17. The molecular weight excluding hydrogens is 500 g/mol. The first-order chi connectivity index (χ1) is 19.1. The van der Waals surface area contributed by atoms with E-state index in [0.717, 1.165) is 48.7 Å². The van der Waals surface area contributed by atoms with Crippen molar-refractivity contribution in [2.45, 2.75) is 91.4 Å². The predicted octanol–water partition coefficient (Wildman–Crippen LogP) is 7.91. The number of hydrogen-bond acceptors (Lipinski definition) is 4. The van der Waals surface area contributed by atoms with Crippen LogP contribution in [0.25, 0.3) is 21.9 Å². The van der Waals surface area contributed by atoms with E-state index in [4.69, 9.17) is 5.11 Å². The zero-order chi connectivity index (χ0) is 29.0. The molecule has 1 aliphatic heterocycles. The molecule has 1 N–H and O–H groups in total. The van der Waals surface area contributed by atoms with Crippen LogP contribution in [0.2, 0.25) is 0 Å². The summed E-state index contributed by atoms with van der Waals surface area (Å²) in [6.45, 7) is 11.5. The van der Waals surface area contributed by atoms with E-state index in [0.29, 0.717) is 30.7 Å². The smallest absolute Gasteiger partial charge is 0.303 e. The Bertz CT molecular complexity index is 1460.